The third-order valence-corrected chi connectivity index (χ3v) is 3.53. The van der Waals surface area contributed by atoms with Gasteiger partial charge in [0.2, 0.25) is 0 Å². The molecule has 2 heterocycles. The molecular weight excluding hydrogens is 270 g/mol. The lowest BCUT2D eigenvalue weighted by Crippen LogP contribution is -2.19. The molecule has 0 saturated carbocycles. The summed E-state index contributed by atoms with van der Waals surface area (Å²) in [4.78, 5) is 15.0. The van der Waals surface area contributed by atoms with Gasteiger partial charge in [-0.3, -0.25) is 19.8 Å². The molecule has 7 nitrogen and oxygen atoms in total. The molecule has 0 aliphatic heterocycles. The van der Waals surface area contributed by atoms with Gasteiger partial charge in [0.1, 0.15) is 0 Å². The molecule has 0 aromatic carbocycles. The molecule has 0 spiro atoms. The van der Waals surface area contributed by atoms with Gasteiger partial charge in [0.15, 0.2) is 0 Å². The molecule has 7 heteroatoms. The Morgan fingerprint density at radius 1 is 1.43 bits per heavy atom. The summed E-state index contributed by atoms with van der Waals surface area (Å²) in [5.41, 5.74) is 3.25. The van der Waals surface area contributed by atoms with Crippen LogP contribution < -0.4 is 5.32 Å². The zero-order chi connectivity index (χ0) is 15.4. The lowest BCUT2D eigenvalue weighted by Gasteiger charge is -2.09. The first-order valence-electron chi connectivity index (χ1n) is 6.77. The minimum absolute atomic E-state index is 0.161. The maximum atomic E-state index is 11.1. The maximum absolute atomic E-state index is 11.1. The highest BCUT2D eigenvalue weighted by Crippen LogP contribution is 2.23. The molecule has 0 aliphatic carbocycles. The van der Waals surface area contributed by atoms with Crippen LogP contribution in [0.1, 0.15) is 22.5 Å². The van der Waals surface area contributed by atoms with Crippen molar-refractivity contribution in [2.24, 2.45) is 7.05 Å². The SMILES string of the molecule is Cc1cnc(CNCCc2ccnn2C)c(C)c1[N+](=O)[O-]. The summed E-state index contributed by atoms with van der Waals surface area (Å²) in [5, 5.41) is 18.4. The van der Waals surface area contributed by atoms with E-state index >= 15 is 0 Å². The Bertz CT molecular complexity index is 651. The molecule has 1 N–H and O–H groups in total. The van der Waals surface area contributed by atoms with Crippen molar-refractivity contribution in [3.8, 4) is 0 Å². The molecule has 2 rings (SSSR count). The summed E-state index contributed by atoms with van der Waals surface area (Å²) in [6, 6.07) is 1.97. The number of aromatic nitrogens is 3. The van der Waals surface area contributed by atoms with Crippen LogP contribution >= 0.6 is 0 Å². The lowest BCUT2D eigenvalue weighted by atomic mass is 10.1. The maximum Gasteiger partial charge on any atom is 0.278 e. The summed E-state index contributed by atoms with van der Waals surface area (Å²) in [6.45, 7) is 4.74. The molecule has 2 aromatic heterocycles. The molecule has 21 heavy (non-hydrogen) atoms. The highest BCUT2D eigenvalue weighted by atomic mass is 16.6. The summed E-state index contributed by atoms with van der Waals surface area (Å²) < 4.78 is 1.84. The van der Waals surface area contributed by atoms with Crippen molar-refractivity contribution in [2.45, 2.75) is 26.8 Å². The van der Waals surface area contributed by atoms with Crippen LogP contribution in [0.2, 0.25) is 0 Å². The standard InChI is InChI=1S/C14H19N5O2/c1-10-8-16-13(11(2)14(10)19(20)21)9-15-6-4-12-5-7-17-18(12)3/h5,7-8,15H,4,6,9H2,1-3H3. The summed E-state index contributed by atoms with van der Waals surface area (Å²) in [6.07, 6.45) is 4.18. The largest absolute Gasteiger partial charge is 0.311 e. The number of aryl methyl sites for hydroxylation is 2. The molecule has 0 atom stereocenters. The van der Waals surface area contributed by atoms with Gasteiger partial charge in [0.25, 0.3) is 5.69 Å². The minimum atomic E-state index is -0.342. The predicted octanol–water partition coefficient (Wildman–Crippen LogP) is 1.67. The first-order chi connectivity index (χ1) is 10.0. The van der Waals surface area contributed by atoms with Crippen molar-refractivity contribution < 1.29 is 4.92 Å². The van der Waals surface area contributed by atoms with Crippen LogP contribution in [0.15, 0.2) is 18.5 Å². The van der Waals surface area contributed by atoms with Crippen LogP contribution in [0.5, 0.6) is 0 Å². The minimum Gasteiger partial charge on any atom is -0.311 e. The number of nitrogens with zero attached hydrogens (tertiary/aromatic N) is 4. The predicted molar refractivity (Wildman–Crippen MR) is 79.0 cm³/mol. The molecule has 0 radical (unpaired) electrons. The van der Waals surface area contributed by atoms with Gasteiger partial charge in [0, 0.05) is 55.8 Å². The van der Waals surface area contributed by atoms with E-state index in [2.05, 4.69) is 15.4 Å². The van der Waals surface area contributed by atoms with Gasteiger partial charge in [-0.2, -0.15) is 5.10 Å². The first kappa shape index (κ1) is 15.1. The average molecular weight is 289 g/mol. The Balaban J connectivity index is 1.96. The van der Waals surface area contributed by atoms with E-state index in [-0.39, 0.29) is 10.6 Å². The first-order valence-corrected chi connectivity index (χ1v) is 6.77. The molecule has 2 aromatic rings. The third kappa shape index (κ3) is 3.43. The van der Waals surface area contributed by atoms with E-state index in [0.29, 0.717) is 17.7 Å². The van der Waals surface area contributed by atoms with E-state index in [0.717, 1.165) is 24.4 Å². The van der Waals surface area contributed by atoms with Crippen molar-refractivity contribution in [1.29, 1.82) is 0 Å². The Morgan fingerprint density at radius 2 is 2.19 bits per heavy atom. The second-order valence-corrected chi connectivity index (χ2v) is 4.99. The van der Waals surface area contributed by atoms with E-state index in [1.807, 2.05) is 17.8 Å². The van der Waals surface area contributed by atoms with Gasteiger partial charge in [-0.25, -0.2) is 0 Å². The topological polar surface area (TPSA) is 85.9 Å². The van der Waals surface area contributed by atoms with E-state index in [4.69, 9.17) is 0 Å². The van der Waals surface area contributed by atoms with Crippen molar-refractivity contribution >= 4 is 5.69 Å². The van der Waals surface area contributed by atoms with Gasteiger partial charge in [-0.1, -0.05) is 0 Å². The second kappa shape index (κ2) is 6.45. The van der Waals surface area contributed by atoms with Crippen LogP contribution in [-0.2, 0) is 20.0 Å². The smallest absolute Gasteiger partial charge is 0.278 e. The molecule has 0 amide bonds. The fraction of sp³-hybridized carbons (Fsp3) is 0.429. The van der Waals surface area contributed by atoms with Gasteiger partial charge in [-0.15, -0.1) is 0 Å². The van der Waals surface area contributed by atoms with E-state index in [1.54, 1.807) is 26.2 Å². The summed E-state index contributed by atoms with van der Waals surface area (Å²) >= 11 is 0. The number of hydrogen-bond acceptors (Lipinski definition) is 5. The number of nitrogens with one attached hydrogen (secondary N) is 1. The monoisotopic (exact) mass is 289 g/mol. The van der Waals surface area contributed by atoms with Crippen LogP contribution in [0.4, 0.5) is 5.69 Å². The Morgan fingerprint density at radius 3 is 2.81 bits per heavy atom. The van der Waals surface area contributed by atoms with E-state index in [1.165, 1.54) is 0 Å². The summed E-state index contributed by atoms with van der Waals surface area (Å²) in [7, 11) is 1.91. The van der Waals surface area contributed by atoms with Crippen LogP contribution in [0.3, 0.4) is 0 Å². The number of rotatable bonds is 6. The number of hydrogen-bond donors (Lipinski definition) is 1. The van der Waals surface area contributed by atoms with Gasteiger partial charge in [0.05, 0.1) is 10.6 Å². The second-order valence-electron chi connectivity index (χ2n) is 4.99. The van der Waals surface area contributed by atoms with Crippen molar-refractivity contribution in [3.05, 3.63) is 51.1 Å². The Hall–Kier alpha value is -2.28. The van der Waals surface area contributed by atoms with Gasteiger partial charge in [-0.05, 0) is 19.9 Å². The van der Waals surface area contributed by atoms with Gasteiger partial charge < -0.3 is 5.32 Å². The van der Waals surface area contributed by atoms with Crippen molar-refractivity contribution in [2.75, 3.05) is 6.54 Å². The molecule has 0 unspecified atom stereocenters. The molecule has 0 fully saturated rings. The zero-order valence-corrected chi connectivity index (χ0v) is 12.5. The van der Waals surface area contributed by atoms with Crippen LogP contribution in [-0.4, -0.2) is 26.2 Å². The molecule has 0 saturated heterocycles. The highest BCUT2D eigenvalue weighted by molar-refractivity contribution is 5.47. The Kier molecular flexibility index (Phi) is 4.64. The number of pyridine rings is 1. The van der Waals surface area contributed by atoms with Crippen LogP contribution in [0, 0.1) is 24.0 Å². The quantitative estimate of drug-likeness (QED) is 0.496. The fourth-order valence-electron chi connectivity index (χ4n) is 2.29. The van der Waals surface area contributed by atoms with E-state index < -0.39 is 0 Å². The molecule has 0 aliphatic rings. The lowest BCUT2D eigenvalue weighted by molar-refractivity contribution is -0.386. The van der Waals surface area contributed by atoms with E-state index in [9.17, 15) is 10.1 Å². The number of nitro groups is 1. The molecule has 112 valence electrons. The molecular formula is C14H19N5O2. The molecule has 0 bridgehead atoms. The summed E-state index contributed by atoms with van der Waals surface area (Å²) in [5.74, 6) is 0. The fourth-order valence-corrected chi connectivity index (χ4v) is 2.29. The van der Waals surface area contributed by atoms with Crippen molar-refractivity contribution in [1.82, 2.24) is 20.1 Å². The Labute approximate surface area is 123 Å². The normalized spacial score (nSPS) is 10.8. The van der Waals surface area contributed by atoms with Crippen LogP contribution in [0.25, 0.3) is 0 Å². The average Bonchev–Trinajstić information content (AvgIpc) is 2.82. The zero-order valence-electron chi connectivity index (χ0n) is 12.5. The highest BCUT2D eigenvalue weighted by Gasteiger charge is 2.18. The third-order valence-electron chi connectivity index (χ3n) is 3.53. The van der Waals surface area contributed by atoms with Gasteiger partial charge >= 0.3 is 0 Å². The van der Waals surface area contributed by atoms with Crippen molar-refractivity contribution in [3.63, 3.8) is 0 Å².